The van der Waals surface area contributed by atoms with E-state index in [-0.39, 0.29) is 5.41 Å². The molecular weight excluding hydrogens is 330 g/mol. The Morgan fingerprint density at radius 2 is 1.72 bits per heavy atom. The van der Waals surface area contributed by atoms with E-state index in [1.54, 1.807) is 0 Å². The summed E-state index contributed by atoms with van der Waals surface area (Å²) in [6, 6.07) is 18.6. The SMILES string of the molecule is CC(C)(C)c1ccc(Sc2nnc(-c3cc4ccccc4[nH]3)o2)cc1. The van der Waals surface area contributed by atoms with E-state index in [0.29, 0.717) is 11.1 Å². The predicted octanol–water partition coefficient (Wildman–Crippen LogP) is 5.67. The topological polar surface area (TPSA) is 54.7 Å². The number of H-pyrrole nitrogens is 1. The van der Waals surface area contributed by atoms with Gasteiger partial charge < -0.3 is 9.40 Å². The molecule has 126 valence electrons. The van der Waals surface area contributed by atoms with Gasteiger partial charge in [-0.3, -0.25) is 0 Å². The van der Waals surface area contributed by atoms with Gasteiger partial charge in [0.2, 0.25) is 0 Å². The number of benzene rings is 2. The van der Waals surface area contributed by atoms with Crippen LogP contribution in [-0.2, 0) is 5.41 Å². The van der Waals surface area contributed by atoms with Crippen LogP contribution in [-0.4, -0.2) is 15.2 Å². The molecule has 2 aromatic heterocycles. The molecule has 0 fully saturated rings. The van der Waals surface area contributed by atoms with Crippen LogP contribution in [0.1, 0.15) is 26.3 Å². The number of aromatic nitrogens is 3. The van der Waals surface area contributed by atoms with Crippen LogP contribution in [0.15, 0.2) is 69.1 Å². The first-order valence-electron chi connectivity index (χ1n) is 8.19. The Morgan fingerprint density at radius 1 is 0.960 bits per heavy atom. The summed E-state index contributed by atoms with van der Waals surface area (Å²) >= 11 is 1.48. The number of nitrogens with one attached hydrogen (secondary N) is 1. The fourth-order valence-electron chi connectivity index (χ4n) is 2.67. The normalized spacial score (nSPS) is 12.0. The van der Waals surface area contributed by atoms with Crippen molar-refractivity contribution in [2.24, 2.45) is 0 Å². The van der Waals surface area contributed by atoms with Crippen molar-refractivity contribution in [3.8, 4) is 11.6 Å². The second-order valence-corrected chi connectivity index (χ2v) is 8.04. The van der Waals surface area contributed by atoms with Gasteiger partial charge in [0, 0.05) is 15.8 Å². The van der Waals surface area contributed by atoms with Gasteiger partial charge in [-0.25, -0.2) is 0 Å². The lowest BCUT2D eigenvalue weighted by Crippen LogP contribution is -2.10. The molecular formula is C20H19N3OS. The number of fused-ring (bicyclic) bond motifs is 1. The fraction of sp³-hybridized carbons (Fsp3) is 0.200. The quantitative estimate of drug-likeness (QED) is 0.518. The molecule has 0 aliphatic rings. The third-order valence-electron chi connectivity index (χ3n) is 4.09. The summed E-state index contributed by atoms with van der Waals surface area (Å²) in [6.45, 7) is 6.62. The molecule has 2 heterocycles. The minimum absolute atomic E-state index is 0.149. The minimum atomic E-state index is 0.149. The molecule has 4 aromatic rings. The van der Waals surface area contributed by atoms with Crippen molar-refractivity contribution in [1.29, 1.82) is 0 Å². The van der Waals surface area contributed by atoms with E-state index in [1.807, 2.05) is 24.3 Å². The number of hydrogen-bond acceptors (Lipinski definition) is 4. The van der Waals surface area contributed by atoms with Gasteiger partial charge in [-0.15, -0.1) is 10.2 Å². The van der Waals surface area contributed by atoms with Crippen LogP contribution in [0.25, 0.3) is 22.5 Å². The molecule has 25 heavy (non-hydrogen) atoms. The van der Waals surface area contributed by atoms with Crippen LogP contribution in [0.5, 0.6) is 0 Å². The standard InChI is InChI=1S/C20H19N3OS/c1-20(2,3)14-8-10-15(11-9-14)25-19-23-22-18(24-19)17-12-13-6-4-5-7-16(13)21-17/h4-12,21H,1-3H3. The van der Waals surface area contributed by atoms with Crippen molar-refractivity contribution >= 4 is 22.7 Å². The van der Waals surface area contributed by atoms with E-state index in [2.05, 4.69) is 66.3 Å². The molecule has 4 nitrogen and oxygen atoms in total. The summed E-state index contributed by atoms with van der Waals surface area (Å²) in [4.78, 5) is 4.39. The first-order chi connectivity index (χ1) is 12.0. The third-order valence-corrected chi connectivity index (χ3v) is 4.94. The number of nitrogens with zero attached hydrogens (tertiary/aromatic N) is 2. The average molecular weight is 349 g/mol. The zero-order valence-electron chi connectivity index (χ0n) is 14.4. The van der Waals surface area contributed by atoms with Gasteiger partial charge in [-0.1, -0.05) is 51.1 Å². The van der Waals surface area contributed by atoms with Gasteiger partial charge in [-0.2, -0.15) is 0 Å². The highest BCUT2D eigenvalue weighted by atomic mass is 32.2. The molecule has 0 saturated heterocycles. The molecule has 0 bridgehead atoms. The largest absolute Gasteiger partial charge is 0.409 e. The van der Waals surface area contributed by atoms with Crippen molar-refractivity contribution in [1.82, 2.24) is 15.2 Å². The zero-order valence-corrected chi connectivity index (χ0v) is 15.2. The van der Waals surface area contributed by atoms with Gasteiger partial charge in [0.15, 0.2) is 0 Å². The van der Waals surface area contributed by atoms with E-state index in [4.69, 9.17) is 4.42 Å². The maximum atomic E-state index is 5.81. The number of para-hydroxylation sites is 1. The fourth-order valence-corrected chi connectivity index (χ4v) is 3.35. The van der Waals surface area contributed by atoms with E-state index in [1.165, 1.54) is 17.3 Å². The van der Waals surface area contributed by atoms with Crippen molar-refractivity contribution in [3.63, 3.8) is 0 Å². The Balaban J connectivity index is 1.55. The van der Waals surface area contributed by atoms with E-state index >= 15 is 0 Å². The highest BCUT2D eigenvalue weighted by molar-refractivity contribution is 7.99. The summed E-state index contributed by atoms with van der Waals surface area (Å²) in [5, 5.41) is 9.99. The Kier molecular flexibility index (Phi) is 3.88. The molecule has 0 unspecified atom stereocenters. The Labute approximate surface area is 150 Å². The maximum absolute atomic E-state index is 5.81. The molecule has 4 rings (SSSR count). The smallest absolute Gasteiger partial charge is 0.281 e. The first kappa shape index (κ1) is 16.0. The third kappa shape index (κ3) is 3.33. The summed E-state index contributed by atoms with van der Waals surface area (Å²) in [7, 11) is 0. The van der Waals surface area contributed by atoms with Crippen LogP contribution < -0.4 is 0 Å². The molecule has 0 amide bonds. The van der Waals surface area contributed by atoms with Crippen LogP contribution in [0.4, 0.5) is 0 Å². The van der Waals surface area contributed by atoms with E-state index in [0.717, 1.165) is 21.5 Å². The second kappa shape index (κ2) is 6.08. The van der Waals surface area contributed by atoms with Crippen LogP contribution in [0, 0.1) is 0 Å². The highest BCUT2D eigenvalue weighted by Gasteiger charge is 2.15. The maximum Gasteiger partial charge on any atom is 0.281 e. The molecule has 0 aliphatic carbocycles. The molecule has 0 aliphatic heterocycles. The molecule has 5 heteroatoms. The first-order valence-corrected chi connectivity index (χ1v) is 9.01. The predicted molar refractivity (Wildman–Crippen MR) is 101 cm³/mol. The van der Waals surface area contributed by atoms with Gasteiger partial charge in [0.05, 0.1) is 0 Å². The summed E-state index contributed by atoms with van der Waals surface area (Å²) in [5.41, 5.74) is 3.35. The van der Waals surface area contributed by atoms with Gasteiger partial charge in [-0.05, 0) is 47.0 Å². The minimum Gasteiger partial charge on any atom is -0.409 e. The van der Waals surface area contributed by atoms with Gasteiger partial charge >= 0.3 is 0 Å². The van der Waals surface area contributed by atoms with Gasteiger partial charge in [0.25, 0.3) is 11.1 Å². The van der Waals surface area contributed by atoms with Crippen LogP contribution >= 0.6 is 11.8 Å². The number of aromatic amines is 1. The summed E-state index contributed by atoms with van der Waals surface area (Å²) in [5.74, 6) is 0.505. The van der Waals surface area contributed by atoms with Crippen LogP contribution in [0.3, 0.4) is 0 Å². The lowest BCUT2D eigenvalue weighted by atomic mass is 9.87. The van der Waals surface area contributed by atoms with E-state index < -0.39 is 0 Å². The molecule has 2 aromatic carbocycles. The Hall–Kier alpha value is -2.53. The average Bonchev–Trinajstić information content (AvgIpc) is 3.20. The molecule has 0 radical (unpaired) electrons. The Bertz CT molecular complexity index is 976. The Morgan fingerprint density at radius 3 is 2.44 bits per heavy atom. The van der Waals surface area contributed by atoms with Crippen molar-refractivity contribution in [2.75, 3.05) is 0 Å². The van der Waals surface area contributed by atoms with Crippen molar-refractivity contribution in [2.45, 2.75) is 36.3 Å². The summed E-state index contributed by atoms with van der Waals surface area (Å²) in [6.07, 6.45) is 0. The second-order valence-electron chi connectivity index (χ2n) is 7.02. The number of hydrogen-bond donors (Lipinski definition) is 1. The van der Waals surface area contributed by atoms with Gasteiger partial charge in [0.1, 0.15) is 5.69 Å². The number of rotatable bonds is 3. The van der Waals surface area contributed by atoms with E-state index in [9.17, 15) is 0 Å². The molecule has 0 saturated carbocycles. The summed E-state index contributed by atoms with van der Waals surface area (Å²) < 4.78 is 5.81. The van der Waals surface area contributed by atoms with Crippen molar-refractivity contribution < 1.29 is 4.42 Å². The monoisotopic (exact) mass is 349 g/mol. The highest BCUT2D eigenvalue weighted by Crippen LogP contribution is 2.31. The van der Waals surface area contributed by atoms with Crippen molar-refractivity contribution in [3.05, 3.63) is 60.2 Å². The lowest BCUT2D eigenvalue weighted by molar-refractivity contribution is 0.465. The van der Waals surface area contributed by atoms with Crippen LogP contribution in [0.2, 0.25) is 0 Å². The zero-order chi connectivity index (χ0) is 17.4. The lowest BCUT2D eigenvalue weighted by Gasteiger charge is -2.18. The molecule has 1 N–H and O–H groups in total. The molecule has 0 atom stereocenters. The molecule has 0 spiro atoms.